The molecule has 2 rings (SSSR count). The summed E-state index contributed by atoms with van der Waals surface area (Å²) < 4.78 is 9.70. The number of methoxy groups -OCH3 is 1. The molecule has 104 valence electrons. The fraction of sp³-hybridized carbons (Fsp3) is 0.154. The fourth-order valence-electron chi connectivity index (χ4n) is 1.44. The van der Waals surface area contributed by atoms with Crippen LogP contribution in [0.25, 0.3) is 0 Å². The van der Waals surface area contributed by atoms with Crippen molar-refractivity contribution < 1.29 is 23.8 Å². The van der Waals surface area contributed by atoms with Crippen LogP contribution in [0.3, 0.4) is 0 Å². The highest BCUT2D eigenvalue weighted by atomic mass is 32.2. The predicted molar refractivity (Wildman–Crippen MR) is 70.8 cm³/mol. The number of aromatic nitrogens is 1. The van der Waals surface area contributed by atoms with Crippen LogP contribution in [-0.4, -0.2) is 29.1 Å². The molecule has 0 spiro atoms. The average molecular weight is 293 g/mol. The van der Waals surface area contributed by atoms with Gasteiger partial charge in [-0.05, 0) is 24.3 Å². The summed E-state index contributed by atoms with van der Waals surface area (Å²) in [5.41, 5.74) is 0.905. The molecule has 2 aromatic heterocycles. The first-order chi connectivity index (χ1) is 9.60. The number of rotatable bonds is 5. The van der Waals surface area contributed by atoms with E-state index in [0.717, 1.165) is 0 Å². The Morgan fingerprint density at radius 1 is 1.35 bits per heavy atom. The van der Waals surface area contributed by atoms with E-state index in [1.54, 1.807) is 24.3 Å². The van der Waals surface area contributed by atoms with Gasteiger partial charge in [0.25, 0.3) is 0 Å². The lowest BCUT2D eigenvalue weighted by Crippen LogP contribution is -2.05. The van der Waals surface area contributed by atoms with Gasteiger partial charge in [-0.2, -0.15) is 0 Å². The number of thioether (sulfide) groups is 1. The van der Waals surface area contributed by atoms with E-state index in [1.807, 2.05) is 0 Å². The van der Waals surface area contributed by atoms with Gasteiger partial charge in [-0.3, -0.25) is 0 Å². The molecule has 0 saturated carbocycles. The summed E-state index contributed by atoms with van der Waals surface area (Å²) in [6.07, 6.45) is 0. The third kappa shape index (κ3) is 3.39. The number of hydrogen-bond donors (Lipinski definition) is 1. The molecule has 0 atom stereocenters. The number of hydrogen-bond acceptors (Lipinski definition) is 6. The highest BCUT2D eigenvalue weighted by Gasteiger charge is 2.11. The SMILES string of the molecule is COC(=O)c1cccc(CSc2ccc(C(=O)O)o2)n1. The molecule has 0 aliphatic carbocycles. The molecule has 20 heavy (non-hydrogen) atoms. The minimum atomic E-state index is -1.11. The molecule has 0 amide bonds. The Morgan fingerprint density at radius 2 is 2.15 bits per heavy atom. The lowest BCUT2D eigenvalue weighted by Gasteiger charge is -2.02. The zero-order valence-corrected chi connectivity index (χ0v) is 11.3. The van der Waals surface area contributed by atoms with E-state index in [2.05, 4.69) is 9.72 Å². The van der Waals surface area contributed by atoms with Gasteiger partial charge < -0.3 is 14.3 Å². The molecule has 0 aliphatic rings. The van der Waals surface area contributed by atoms with Crippen LogP contribution in [0.5, 0.6) is 0 Å². The summed E-state index contributed by atoms with van der Waals surface area (Å²) in [4.78, 5) is 26.2. The van der Waals surface area contributed by atoms with Crippen molar-refractivity contribution in [3.8, 4) is 0 Å². The van der Waals surface area contributed by atoms with Crippen LogP contribution in [0.4, 0.5) is 0 Å². The summed E-state index contributed by atoms with van der Waals surface area (Å²) in [5.74, 6) is -1.26. The van der Waals surface area contributed by atoms with Crippen LogP contribution in [0.1, 0.15) is 26.7 Å². The number of nitrogens with zero attached hydrogens (tertiary/aromatic N) is 1. The van der Waals surface area contributed by atoms with Crippen molar-refractivity contribution in [3.05, 3.63) is 47.5 Å². The summed E-state index contributed by atoms with van der Waals surface area (Å²) in [5, 5.41) is 9.22. The lowest BCUT2D eigenvalue weighted by molar-refractivity contribution is 0.0592. The van der Waals surface area contributed by atoms with E-state index in [1.165, 1.54) is 24.9 Å². The molecule has 0 saturated heterocycles. The summed E-state index contributed by atoms with van der Waals surface area (Å²) in [6.45, 7) is 0. The van der Waals surface area contributed by atoms with Crippen LogP contribution >= 0.6 is 11.8 Å². The maximum absolute atomic E-state index is 11.3. The van der Waals surface area contributed by atoms with Crippen LogP contribution in [0, 0.1) is 0 Å². The number of ether oxygens (including phenoxy) is 1. The molecule has 6 nitrogen and oxygen atoms in total. The van der Waals surface area contributed by atoms with Crippen LogP contribution in [0.15, 0.2) is 39.8 Å². The van der Waals surface area contributed by atoms with Gasteiger partial charge in [-0.1, -0.05) is 17.8 Å². The Labute approximate surface area is 118 Å². The largest absolute Gasteiger partial charge is 0.475 e. The van der Waals surface area contributed by atoms with Crippen molar-refractivity contribution in [2.75, 3.05) is 7.11 Å². The van der Waals surface area contributed by atoms with Gasteiger partial charge in [-0.25, -0.2) is 14.6 Å². The molecule has 2 aromatic rings. The number of pyridine rings is 1. The molecule has 0 aliphatic heterocycles. The molecule has 0 fully saturated rings. The number of carboxylic acids is 1. The van der Waals surface area contributed by atoms with E-state index in [-0.39, 0.29) is 11.5 Å². The maximum Gasteiger partial charge on any atom is 0.371 e. The Bertz CT molecular complexity index is 637. The summed E-state index contributed by atoms with van der Waals surface area (Å²) in [7, 11) is 1.29. The fourth-order valence-corrected chi connectivity index (χ4v) is 2.20. The molecule has 7 heteroatoms. The highest BCUT2D eigenvalue weighted by molar-refractivity contribution is 7.98. The number of carbonyl (C=O) groups excluding carboxylic acids is 1. The number of aromatic carboxylic acids is 1. The second-order valence-corrected chi connectivity index (χ2v) is 4.70. The Morgan fingerprint density at radius 3 is 2.80 bits per heavy atom. The van der Waals surface area contributed by atoms with E-state index < -0.39 is 11.9 Å². The topological polar surface area (TPSA) is 89.6 Å². The van der Waals surface area contributed by atoms with Crippen molar-refractivity contribution >= 4 is 23.7 Å². The van der Waals surface area contributed by atoms with Gasteiger partial charge in [0.15, 0.2) is 5.09 Å². The Kier molecular flexibility index (Phi) is 4.41. The molecule has 0 bridgehead atoms. The van der Waals surface area contributed by atoms with Gasteiger partial charge in [-0.15, -0.1) is 0 Å². The van der Waals surface area contributed by atoms with Gasteiger partial charge >= 0.3 is 11.9 Å². The maximum atomic E-state index is 11.3. The van der Waals surface area contributed by atoms with E-state index >= 15 is 0 Å². The van der Waals surface area contributed by atoms with Crippen molar-refractivity contribution in [1.29, 1.82) is 0 Å². The third-order valence-corrected chi connectivity index (χ3v) is 3.30. The minimum Gasteiger partial charge on any atom is -0.475 e. The van der Waals surface area contributed by atoms with Gasteiger partial charge in [0.2, 0.25) is 5.76 Å². The van der Waals surface area contributed by atoms with E-state index in [9.17, 15) is 9.59 Å². The van der Waals surface area contributed by atoms with Crippen molar-refractivity contribution in [2.45, 2.75) is 10.8 Å². The second kappa shape index (κ2) is 6.25. The third-order valence-electron chi connectivity index (χ3n) is 2.36. The average Bonchev–Trinajstić information content (AvgIpc) is 2.93. The number of esters is 1. The smallest absolute Gasteiger partial charge is 0.371 e. The lowest BCUT2D eigenvalue weighted by atomic mass is 10.3. The molecule has 0 aromatic carbocycles. The zero-order chi connectivity index (χ0) is 14.5. The first kappa shape index (κ1) is 14.1. The first-order valence-electron chi connectivity index (χ1n) is 5.60. The van der Waals surface area contributed by atoms with Crippen LogP contribution in [0.2, 0.25) is 0 Å². The molecule has 2 heterocycles. The number of furan rings is 1. The molecule has 1 N–H and O–H groups in total. The number of carboxylic acid groups (broad SMARTS) is 1. The predicted octanol–water partition coefficient (Wildman–Crippen LogP) is 2.45. The quantitative estimate of drug-likeness (QED) is 0.669. The molecule has 0 unspecified atom stereocenters. The normalized spacial score (nSPS) is 10.2. The monoisotopic (exact) mass is 293 g/mol. The standard InChI is InChI=1S/C13H11NO5S/c1-18-13(17)9-4-2-3-8(14-9)7-20-11-6-5-10(19-11)12(15)16/h2-6H,7H2,1H3,(H,15,16). The highest BCUT2D eigenvalue weighted by Crippen LogP contribution is 2.24. The minimum absolute atomic E-state index is 0.108. The first-order valence-corrected chi connectivity index (χ1v) is 6.59. The van der Waals surface area contributed by atoms with Gasteiger partial charge in [0.05, 0.1) is 12.8 Å². The van der Waals surface area contributed by atoms with E-state index in [4.69, 9.17) is 9.52 Å². The molecular formula is C13H11NO5S. The van der Waals surface area contributed by atoms with Crippen molar-refractivity contribution in [2.24, 2.45) is 0 Å². The second-order valence-electron chi connectivity index (χ2n) is 3.72. The van der Waals surface area contributed by atoms with Gasteiger partial charge in [0.1, 0.15) is 5.69 Å². The Hall–Kier alpha value is -2.28. The molecule has 0 radical (unpaired) electrons. The summed E-state index contributed by atoms with van der Waals surface area (Å²) in [6, 6.07) is 8.01. The van der Waals surface area contributed by atoms with Crippen molar-refractivity contribution in [1.82, 2.24) is 4.98 Å². The van der Waals surface area contributed by atoms with Crippen LogP contribution < -0.4 is 0 Å². The van der Waals surface area contributed by atoms with Gasteiger partial charge in [0, 0.05) is 5.75 Å². The van der Waals surface area contributed by atoms with Crippen LogP contribution in [-0.2, 0) is 10.5 Å². The zero-order valence-electron chi connectivity index (χ0n) is 10.5. The van der Waals surface area contributed by atoms with Crippen molar-refractivity contribution in [3.63, 3.8) is 0 Å². The summed E-state index contributed by atoms with van der Waals surface area (Å²) >= 11 is 1.30. The molecular weight excluding hydrogens is 282 g/mol. The van der Waals surface area contributed by atoms with E-state index in [0.29, 0.717) is 16.5 Å². The number of carbonyl (C=O) groups is 2. The Balaban J connectivity index is 2.03.